The third-order valence-corrected chi connectivity index (χ3v) is 2.97. The van der Waals surface area contributed by atoms with Crippen LogP contribution in [-0.4, -0.2) is 12.9 Å². The molecule has 0 aromatic heterocycles. The van der Waals surface area contributed by atoms with Crippen molar-refractivity contribution in [2.75, 3.05) is 6.61 Å². The second-order valence-electron chi connectivity index (χ2n) is 5.16. The van der Waals surface area contributed by atoms with Crippen molar-refractivity contribution in [2.24, 2.45) is 5.92 Å². The Morgan fingerprint density at radius 2 is 2.00 bits per heavy atom. The fraction of sp³-hybridized carbons (Fsp3) is 0.600. The second kappa shape index (κ2) is 6.06. The Hall–Kier alpha value is -1.02. The van der Waals surface area contributed by atoms with Gasteiger partial charge in [-0.25, -0.2) is 0 Å². The van der Waals surface area contributed by atoms with Crippen molar-refractivity contribution < 1.29 is 9.47 Å². The minimum Gasteiger partial charge on any atom is -0.465 e. The van der Waals surface area contributed by atoms with Crippen LogP contribution in [0.2, 0.25) is 0 Å². The van der Waals surface area contributed by atoms with Gasteiger partial charge in [-0.15, -0.1) is 0 Å². The van der Waals surface area contributed by atoms with E-state index in [1.54, 1.807) is 0 Å². The van der Waals surface area contributed by atoms with E-state index in [1.165, 1.54) is 12.0 Å². The second-order valence-corrected chi connectivity index (χ2v) is 5.16. The van der Waals surface area contributed by atoms with Gasteiger partial charge in [-0.05, 0) is 42.9 Å². The number of hydrogen-bond acceptors (Lipinski definition) is 2. The summed E-state index contributed by atoms with van der Waals surface area (Å²) in [4.78, 5) is 0. The Bertz CT molecular complexity index is 323. The highest BCUT2D eigenvalue weighted by Crippen LogP contribution is 2.20. The summed E-state index contributed by atoms with van der Waals surface area (Å²) in [6.45, 7) is 5.30. The van der Waals surface area contributed by atoms with Gasteiger partial charge in [0.1, 0.15) is 5.75 Å². The first-order valence-corrected chi connectivity index (χ1v) is 6.61. The molecule has 0 aliphatic carbocycles. The fourth-order valence-corrected chi connectivity index (χ4v) is 2.13. The number of ether oxygens (including phenoxy) is 2. The summed E-state index contributed by atoms with van der Waals surface area (Å²) < 4.78 is 11.3. The maximum Gasteiger partial charge on any atom is 0.199 e. The predicted molar refractivity (Wildman–Crippen MR) is 69.2 cm³/mol. The molecule has 0 radical (unpaired) electrons. The van der Waals surface area contributed by atoms with Gasteiger partial charge >= 0.3 is 0 Å². The van der Waals surface area contributed by atoms with Crippen LogP contribution in [0.15, 0.2) is 24.3 Å². The summed E-state index contributed by atoms with van der Waals surface area (Å²) in [6.07, 6.45) is 4.46. The molecule has 2 nitrogen and oxygen atoms in total. The molecule has 0 amide bonds. The van der Waals surface area contributed by atoms with Crippen LogP contribution in [0.1, 0.15) is 38.7 Å². The smallest absolute Gasteiger partial charge is 0.199 e. The summed E-state index contributed by atoms with van der Waals surface area (Å²) in [5.74, 6) is 1.62. The van der Waals surface area contributed by atoms with Crippen LogP contribution in [0.5, 0.6) is 5.75 Å². The minimum absolute atomic E-state index is 0.0419. The SMILES string of the molecule is CC(C)Cc1ccc(OC2CCCCO2)cc1. The Morgan fingerprint density at radius 1 is 1.24 bits per heavy atom. The van der Waals surface area contributed by atoms with Gasteiger partial charge in [0.15, 0.2) is 6.29 Å². The molecule has 0 spiro atoms. The van der Waals surface area contributed by atoms with Gasteiger partial charge < -0.3 is 9.47 Å². The van der Waals surface area contributed by atoms with E-state index in [-0.39, 0.29) is 6.29 Å². The Morgan fingerprint density at radius 3 is 2.59 bits per heavy atom. The average molecular weight is 234 g/mol. The molecule has 0 saturated carbocycles. The molecule has 1 saturated heterocycles. The van der Waals surface area contributed by atoms with E-state index >= 15 is 0 Å². The molecule has 1 atom stereocenters. The molecule has 1 aromatic carbocycles. The third kappa shape index (κ3) is 4.04. The first kappa shape index (κ1) is 12.4. The van der Waals surface area contributed by atoms with Gasteiger partial charge in [0.05, 0.1) is 6.61 Å². The molecule has 1 aliphatic heterocycles. The van der Waals surface area contributed by atoms with Crippen molar-refractivity contribution in [2.45, 2.75) is 45.8 Å². The highest BCUT2D eigenvalue weighted by atomic mass is 16.7. The van der Waals surface area contributed by atoms with Crippen LogP contribution < -0.4 is 4.74 Å². The zero-order chi connectivity index (χ0) is 12.1. The van der Waals surface area contributed by atoms with Crippen molar-refractivity contribution >= 4 is 0 Å². The van der Waals surface area contributed by atoms with Crippen LogP contribution in [0.25, 0.3) is 0 Å². The predicted octanol–water partition coefficient (Wildman–Crippen LogP) is 3.79. The molecule has 2 rings (SSSR count). The molecule has 0 N–H and O–H groups in total. The lowest BCUT2D eigenvalue weighted by Crippen LogP contribution is -2.24. The summed E-state index contributed by atoms with van der Waals surface area (Å²) in [6, 6.07) is 8.40. The molecule has 1 unspecified atom stereocenters. The van der Waals surface area contributed by atoms with Crippen molar-refractivity contribution in [1.29, 1.82) is 0 Å². The summed E-state index contributed by atoms with van der Waals surface area (Å²) >= 11 is 0. The van der Waals surface area contributed by atoms with Crippen LogP contribution in [0, 0.1) is 5.92 Å². The van der Waals surface area contributed by atoms with Crippen molar-refractivity contribution in [3.05, 3.63) is 29.8 Å². The van der Waals surface area contributed by atoms with Gasteiger partial charge in [0, 0.05) is 6.42 Å². The maximum absolute atomic E-state index is 5.79. The summed E-state index contributed by atoms with van der Waals surface area (Å²) in [5, 5.41) is 0. The van der Waals surface area contributed by atoms with E-state index in [0.717, 1.165) is 31.6 Å². The first-order valence-electron chi connectivity index (χ1n) is 6.61. The molecular formula is C15H22O2. The summed E-state index contributed by atoms with van der Waals surface area (Å²) in [7, 11) is 0. The van der Waals surface area contributed by atoms with E-state index in [9.17, 15) is 0 Å². The average Bonchev–Trinajstić information content (AvgIpc) is 2.32. The fourth-order valence-electron chi connectivity index (χ4n) is 2.13. The largest absolute Gasteiger partial charge is 0.465 e. The van der Waals surface area contributed by atoms with Gasteiger partial charge in [-0.3, -0.25) is 0 Å². The van der Waals surface area contributed by atoms with Crippen LogP contribution >= 0.6 is 0 Å². The Labute approximate surface area is 104 Å². The van der Waals surface area contributed by atoms with E-state index in [4.69, 9.17) is 9.47 Å². The number of benzene rings is 1. The molecule has 0 bridgehead atoms. The van der Waals surface area contributed by atoms with E-state index in [2.05, 4.69) is 38.1 Å². The zero-order valence-electron chi connectivity index (χ0n) is 10.8. The first-order chi connectivity index (χ1) is 8.24. The van der Waals surface area contributed by atoms with Crippen molar-refractivity contribution in [1.82, 2.24) is 0 Å². The zero-order valence-corrected chi connectivity index (χ0v) is 10.8. The highest BCUT2D eigenvalue weighted by Gasteiger charge is 2.14. The molecule has 1 aliphatic rings. The highest BCUT2D eigenvalue weighted by molar-refractivity contribution is 5.27. The molecule has 94 valence electrons. The standard InChI is InChI=1S/C15H22O2/c1-12(2)11-13-6-8-14(9-7-13)17-15-5-3-4-10-16-15/h6-9,12,15H,3-5,10-11H2,1-2H3. The quantitative estimate of drug-likeness (QED) is 0.789. The molecule has 17 heavy (non-hydrogen) atoms. The van der Waals surface area contributed by atoms with Gasteiger partial charge in [-0.1, -0.05) is 26.0 Å². The number of rotatable bonds is 4. The van der Waals surface area contributed by atoms with Crippen molar-refractivity contribution in [3.63, 3.8) is 0 Å². The molecular weight excluding hydrogens is 212 g/mol. The van der Waals surface area contributed by atoms with Crippen LogP contribution in [0.4, 0.5) is 0 Å². The molecule has 1 aromatic rings. The van der Waals surface area contributed by atoms with Crippen LogP contribution in [-0.2, 0) is 11.2 Å². The summed E-state index contributed by atoms with van der Waals surface area (Å²) in [5.41, 5.74) is 1.37. The maximum atomic E-state index is 5.79. The molecule has 2 heteroatoms. The third-order valence-electron chi connectivity index (χ3n) is 2.97. The van der Waals surface area contributed by atoms with Crippen molar-refractivity contribution in [3.8, 4) is 5.75 Å². The van der Waals surface area contributed by atoms with Gasteiger partial charge in [-0.2, -0.15) is 0 Å². The van der Waals surface area contributed by atoms with E-state index in [0.29, 0.717) is 5.92 Å². The van der Waals surface area contributed by atoms with E-state index in [1.807, 2.05) is 0 Å². The molecule has 1 heterocycles. The number of hydrogen-bond donors (Lipinski definition) is 0. The lowest BCUT2D eigenvalue weighted by atomic mass is 10.0. The monoisotopic (exact) mass is 234 g/mol. The molecule has 1 fully saturated rings. The normalized spacial score (nSPS) is 20.5. The van der Waals surface area contributed by atoms with Gasteiger partial charge in [0.25, 0.3) is 0 Å². The lowest BCUT2D eigenvalue weighted by molar-refractivity contribution is -0.105. The van der Waals surface area contributed by atoms with Crippen LogP contribution in [0.3, 0.4) is 0 Å². The topological polar surface area (TPSA) is 18.5 Å². The Kier molecular flexibility index (Phi) is 4.43. The Balaban J connectivity index is 1.88. The lowest BCUT2D eigenvalue weighted by Gasteiger charge is -2.23. The van der Waals surface area contributed by atoms with Gasteiger partial charge in [0.2, 0.25) is 0 Å². The van der Waals surface area contributed by atoms with E-state index < -0.39 is 0 Å². The minimum atomic E-state index is -0.0419.